The molecule has 0 aliphatic heterocycles. The van der Waals surface area contributed by atoms with E-state index in [0.717, 1.165) is 29.3 Å². The number of hydrogen-bond donors (Lipinski definition) is 1. The summed E-state index contributed by atoms with van der Waals surface area (Å²) >= 11 is 6.39. The van der Waals surface area contributed by atoms with Gasteiger partial charge in [0.1, 0.15) is 0 Å². The highest BCUT2D eigenvalue weighted by atomic mass is 35.5. The van der Waals surface area contributed by atoms with Crippen LogP contribution < -0.4 is 5.32 Å². The molecule has 1 aromatic heterocycles. The van der Waals surface area contributed by atoms with E-state index in [1.807, 2.05) is 6.07 Å². The second kappa shape index (κ2) is 10.6. The smallest absolute Gasteiger partial charge is 0.0486 e. The number of halogens is 1. The molecule has 4 aliphatic rings. The number of aromatic nitrogens is 1. The molecule has 0 amide bonds. The summed E-state index contributed by atoms with van der Waals surface area (Å²) in [4.78, 5) is 0. The van der Waals surface area contributed by atoms with Crippen LogP contribution in [0.4, 0.5) is 5.69 Å². The first-order chi connectivity index (χ1) is 18.7. The fourth-order valence-electron chi connectivity index (χ4n) is 7.40. The molecule has 1 N–H and O–H groups in total. The zero-order chi connectivity index (χ0) is 25.5. The van der Waals surface area contributed by atoms with Crippen LogP contribution in [0.3, 0.4) is 0 Å². The van der Waals surface area contributed by atoms with Gasteiger partial charge in [-0.15, -0.1) is 0 Å². The van der Waals surface area contributed by atoms with E-state index in [4.69, 9.17) is 11.6 Å². The molecule has 1 atom stereocenters. The second-order valence-electron chi connectivity index (χ2n) is 12.6. The highest BCUT2D eigenvalue weighted by molar-refractivity contribution is 6.31. The monoisotopic (exact) mass is 524 g/mol. The Balaban J connectivity index is 1.15. The maximum Gasteiger partial charge on any atom is 0.0486 e. The molecule has 0 bridgehead atoms. The Hall–Kier alpha value is -2.45. The predicted molar refractivity (Wildman–Crippen MR) is 162 cm³/mol. The van der Waals surface area contributed by atoms with Gasteiger partial charge >= 0.3 is 0 Å². The minimum Gasteiger partial charge on any atom is -0.356 e. The maximum absolute atomic E-state index is 6.39. The molecule has 38 heavy (non-hydrogen) atoms. The molecular formula is C35H41ClN2. The Morgan fingerprint density at radius 3 is 2.45 bits per heavy atom. The Bertz CT molecular complexity index is 1380. The fourth-order valence-corrected chi connectivity index (χ4v) is 7.58. The summed E-state index contributed by atoms with van der Waals surface area (Å²) in [5, 5.41) is 5.93. The first kappa shape index (κ1) is 24.6. The molecule has 0 saturated heterocycles. The van der Waals surface area contributed by atoms with Crippen molar-refractivity contribution in [3.8, 4) is 0 Å². The standard InChI is InChI=1S/C35H41ClN2/c36-31-13-17-35-30(20-31)22-33(38(35)23-24-6-2-1-3-7-24)15-16-34(26-10-5-11-26)37-32-14-12-27-18-28(19-29(27)21-32)25-8-4-9-25/h12-17,20-22,24-25,28,37H,1-11,18-19,23H2/b16-15+. The fraction of sp³-hybridized carbons (Fsp3) is 0.486. The van der Waals surface area contributed by atoms with Crippen LogP contribution in [0.25, 0.3) is 17.0 Å². The molecular weight excluding hydrogens is 484 g/mol. The zero-order valence-corrected chi connectivity index (χ0v) is 23.4. The van der Waals surface area contributed by atoms with Gasteiger partial charge in [0.15, 0.2) is 0 Å². The van der Waals surface area contributed by atoms with Crippen molar-refractivity contribution in [2.24, 2.45) is 17.8 Å². The minimum atomic E-state index is 0.778. The Morgan fingerprint density at radius 2 is 1.68 bits per heavy atom. The van der Waals surface area contributed by atoms with E-state index in [9.17, 15) is 0 Å². The van der Waals surface area contributed by atoms with Gasteiger partial charge in [-0.05, 0) is 128 Å². The van der Waals surface area contributed by atoms with Crippen LogP contribution in [-0.2, 0) is 19.4 Å². The molecule has 3 heteroatoms. The lowest BCUT2D eigenvalue weighted by Gasteiger charge is -2.31. The van der Waals surface area contributed by atoms with Crippen LogP contribution in [0, 0.1) is 17.8 Å². The molecule has 2 nitrogen and oxygen atoms in total. The van der Waals surface area contributed by atoms with Crippen molar-refractivity contribution in [3.63, 3.8) is 0 Å². The van der Waals surface area contributed by atoms with Crippen LogP contribution >= 0.6 is 11.6 Å². The summed E-state index contributed by atoms with van der Waals surface area (Å²) < 4.78 is 2.55. The van der Waals surface area contributed by atoms with Crippen LogP contribution in [0.5, 0.6) is 0 Å². The van der Waals surface area contributed by atoms with Gasteiger partial charge in [-0.2, -0.15) is 0 Å². The van der Waals surface area contributed by atoms with Crippen LogP contribution in [-0.4, -0.2) is 4.57 Å². The number of allylic oxidation sites excluding steroid dienone is 2. The van der Waals surface area contributed by atoms with Gasteiger partial charge in [-0.25, -0.2) is 0 Å². The Morgan fingerprint density at radius 1 is 0.842 bits per heavy atom. The van der Waals surface area contributed by atoms with Crippen molar-refractivity contribution in [3.05, 3.63) is 81.7 Å². The average Bonchev–Trinajstić information content (AvgIpc) is 3.41. The quantitative estimate of drug-likeness (QED) is 0.325. The third-order valence-corrected chi connectivity index (χ3v) is 10.3. The molecule has 2 aromatic carbocycles. The molecule has 3 aromatic rings. The number of anilines is 1. The van der Waals surface area contributed by atoms with Gasteiger partial charge in [-0.1, -0.05) is 56.2 Å². The molecule has 0 spiro atoms. The van der Waals surface area contributed by atoms with Crippen molar-refractivity contribution in [1.82, 2.24) is 4.57 Å². The molecule has 1 unspecified atom stereocenters. The van der Waals surface area contributed by atoms with Crippen LogP contribution in [0.15, 0.2) is 59.8 Å². The number of fused-ring (bicyclic) bond motifs is 2. The van der Waals surface area contributed by atoms with Gasteiger partial charge in [0, 0.05) is 39.5 Å². The SMILES string of the molecule is Clc1ccc2c(c1)cc(/C=C/C(Nc1ccc3c(c1)CC(C1CCC1)C3)=C1CCC1)n2CC1CCCCC1. The molecule has 4 aliphatic carbocycles. The number of rotatable bonds is 7. The predicted octanol–water partition coefficient (Wildman–Crippen LogP) is 9.95. The summed E-state index contributed by atoms with van der Waals surface area (Å²) in [7, 11) is 0. The summed E-state index contributed by atoms with van der Waals surface area (Å²) in [5.74, 6) is 2.64. The maximum atomic E-state index is 6.39. The molecule has 1 heterocycles. The summed E-state index contributed by atoms with van der Waals surface area (Å²) in [6, 6.07) is 15.9. The third-order valence-electron chi connectivity index (χ3n) is 10.1. The van der Waals surface area contributed by atoms with E-state index in [1.54, 1.807) is 16.7 Å². The largest absolute Gasteiger partial charge is 0.356 e. The molecule has 0 radical (unpaired) electrons. The van der Waals surface area contributed by atoms with E-state index >= 15 is 0 Å². The molecule has 7 rings (SSSR count). The Kier molecular flexibility index (Phi) is 6.86. The van der Waals surface area contributed by atoms with Crippen molar-refractivity contribution >= 4 is 34.3 Å². The van der Waals surface area contributed by atoms with Gasteiger partial charge < -0.3 is 9.88 Å². The average molecular weight is 525 g/mol. The van der Waals surface area contributed by atoms with E-state index in [1.165, 1.54) is 111 Å². The number of benzene rings is 2. The lowest BCUT2D eigenvalue weighted by atomic mass is 9.75. The van der Waals surface area contributed by atoms with Gasteiger partial charge in [0.2, 0.25) is 0 Å². The van der Waals surface area contributed by atoms with Gasteiger partial charge in [0.05, 0.1) is 0 Å². The summed E-state index contributed by atoms with van der Waals surface area (Å²) in [6.45, 7) is 1.11. The van der Waals surface area contributed by atoms with Crippen molar-refractivity contribution < 1.29 is 0 Å². The normalized spacial score (nSPS) is 22.0. The topological polar surface area (TPSA) is 17.0 Å². The highest BCUT2D eigenvalue weighted by Crippen LogP contribution is 2.42. The molecule has 3 saturated carbocycles. The van der Waals surface area contributed by atoms with E-state index in [0.29, 0.717) is 0 Å². The van der Waals surface area contributed by atoms with Crippen molar-refractivity contribution in [1.29, 1.82) is 0 Å². The second-order valence-corrected chi connectivity index (χ2v) is 13.0. The van der Waals surface area contributed by atoms with E-state index in [2.05, 4.69) is 58.4 Å². The minimum absolute atomic E-state index is 0.778. The lowest BCUT2D eigenvalue weighted by molar-refractivity contribution is 0.213. The lowest BCUT2D eigenvalue weighted by Crippen LogP contribution is -2.22. The molecule has 3 fully saturated rings. The summed E-state index contributed by atoms with van der Waals surface area (Å²) in [6.07, 6.45) is 22.2. The van der Waals surface area contributed by atoms with E-state index in [-0.39, 0.29) is 0 Å². The first-order valence-corrected chi connectivity index (χ1v) is 15.6. The summed E-state index contributed by atoms with van der Waals surface area (Å²) in [5.41, 5.74) is 9.90. The van der Waals surface area contributed by atoms with Crippen molar-refractivity contribution in [2.45, 2.75) is 90.0 Å². The van der Waals surface area contributed by atoms with Gasteiger partial charge in [-0.3, -0.25) is 0 Å². The third kappa shape index (κ3) is 4.97. The first-order valence-electron chi connectivity index (χ1n) is 15.3. The van der Waals surface area contributed by atoms with Crippen LogP contribution in [0.2, 0.25) is 5.02 Å². The van der Waals surface area contributed by atoms with Gasteiger partial charge in [0.25, 0.3) is 0 Å². The number of nitrogens with one attached hydrogen (secondary N) is 1. The van der Waals surface area contributed by atoms with Crippen LogP contribution in [0.1, 0.15) is 87.4 Å². The Labute approximate surface area is 233 Å². The number of hydrogen-bond acceptors (Lipinski definition) is 1. The van der Waals surface area contributed by atoms with Crippen molar-refractivity contribution in [2.75, 3.05) is 5.32 Å². The zero-order valence-electron chi connectivity index (χ0n) is 22.7. The highest BCUT2D eigenvalue weighted by Gasteiger charge is 2.32. The number of nitrogens with zero attached hydrogens (tertiary/aromatic N) is 1. The molecule has 198 valence electrons. The van der Waals surface area contributed by atoms with E-state index < -0.39 is 0 Å².